The summed E-state index contributed by atoms with van der Waals surface area (Å²) in [6.07, 6.45) is 10.8. The molecule has 0 aromatic carbocycles. The van der Waals surface area contributed by atoms with Crippen LogP contribution >= 0.6 is 0 Å². The summed E-state index contributed by atoms with van der Waals surface area (Å²) < 4.78 is 7.15. The first-order valence-electron chi connectivity index (χ1n) is 10.3. The van der Waals surface area contributed by atoms with Gasteiger partial charge in [-0.25, -0.2) is 0 Å². The summed E-state index contributed by atoms with van der Waals surface area (Å²) >= 11 is 0. The first kappa shape index (κ1) is 18.2. The maximum Gasteiger partial charge on any atom is 0.251 e. The molecule has 3 aliphatic rings. The Kier molecular flexibility index (Phi) is 4.72. The lowest BCUT2D eigenvalue weighted by atomic mass is 9.78. The van der Waals surface area contributed by atoms with E-state index in [4.69, 9.17) is 4.42 Å². The van der Waals surface area contributed by atoms with Crippen LogP contribution in [0, 0.1) is 5.92 Å². The molecule has 6 heteroatoms. The van der Waals surface area contributed by atoms with Crippen molar-refractivity contribution in [1.82, 2.24) is 14.4 Å². The third-order valence-electron chi connectivity index (χ3n) is 6.29. The quantitative estimate of drug-likeness (QED) is 0.752. The largest absolute Gasteiger partial charge is 0.465 e. The van der Waals surface area contributed by atoms with Gasteiger partial charge in [0.2, 0.25) is 5.91 Å². The molecule has 1 fully saturated rings. The molecular weight excluding hydrogens is 366 g/mol. The summed E-state index contributed by atoms with van der Waals surface area (Å²) in [6, 6.07) is 8.82. The van der Waals surface area contributed by atoms with Crippen LogP contribution in [-0.2, 0) is 4.79 Å². The van der Waals surface area contributed by atoms with Gasteiger partial charge in [-0.2, -0.15) is 0 Å². The molecule has 3 aliphatic heterocycles. The molecule has 2 aromatic heterocycles. The van der Waals surface area contributed by atoms with Crippen LogP contribution < -0.4 is 5.56 Å². The van der Waals surface area contributed by atoms with Gasteiger partial charge in [0.15, 0.2) is 0 Å². The Bertz CT molecular complexity index is 997. The summed E-state index contributed by atoms with van der Waals surface area (Å²) in [5.41, 5.74) is 0.938. The second-order valence-corrected chi connectivity index (χ2v) is 8.15. The van der Waals surface area contributed by atoms with E-state index < -0.39 is 6.04 Å². The molecule has 0 N–H and O–H groups in total. The van der Waals surface area contributed by atoms with Gasteiger partial charge in [-0.05, 0) is 30.7 Å². The zero-order valence-electron chi connectivity index (χ0n) is 16.3. The molecule has 0 spiro atoms. The molecule has 150 valence electrons. The van der Waals surface area contributed by atoms with Crippen molar-refractivity contribution in [3.63, 3.8) is 0 Å². The minimum atomic E-state index is -0.410. The maximum absolute atomic E-state index is 13.4. The van der Waals surface area contributed by atoms with Gasteiger partial charge >= 0.3 is 0 Å². The molecular formula is C23H25N3O3. The van der Waals surface area contributed by atoms with E-state index in [1.165, 1.54) is 0 Å². The summed E-state index contributed by atoms with van der Waals surface area (Å²) in [5, 5.41) is 0. The number of likely N-dealkylation sites (tertiary alicyclic amines) is 1. The fraction of sp³-hybridized carbons (Fsp3) is 0.391. The lowest BCUT2D eigenvalue weighted by Crippen LogP contribution is -2.53. The second kappa shape index (κ2) is 7.52. The highest BCUT2D eigenvalue weighted by Gasteiger charge is 2.44. The van der Waals surface area contributed by atoms with Gasteiger partial charge < -0.3 is 9.32 Å². The van der Waals surface area contributed by atoms with Crippen LogP contribution in [0.5, 0.6) is 0 Å². The minimum Gasteiger partial charge on any atom is -0.465 e. The average Bonchev–Trinajstić information content (AvgIpc) is 3.43. The van der Waals surface area contributed by atoms with Crippen molar-refractivity contribution in [2.45, 2.75) is 18.4 Å². The molecule has 5 rings (SSSR count). The molecule has 29 heavy (non-hydrogen) atoms. The van der Waals surface area contributed by atoms with Gasteiger partial charge in [-0.3, -0.25) is 19.1 Å². The standard InChI is InChI=1S/C23H25N3O3/c27-21-9-3-8-20-17-14-18(22(26(20)21)23(28)25-11-1-2-12-25)16-24(15-17)10-4-6-19-7-5-13-29-19/h1-9,13,17-18,22H,10-12,14-16H2/b6-4+/t17-,18+,22+/m0/s1. The van der Waals surface area contributed by atoms with E-state index in [1.54, 1.807) is 16.9 Å². The van der Waals surface area contributed by atoms with Crippen molar-refractivity contribution in [2.24, 2.45) is 5.92 Å². The fourth-order valence-corrected chi connectivity index (χ4v) is 5.04. The van der Waals surface area contributed by atoms with E-state index >= 15 is 0 Å². The fourth-order valence-electron chi connectivity index (χ4n) is 5.04. The van der Waals surface area contributed by atoms with Gasteiger partial charge in [-0.15, -0.1) is 0 Å². The molecule has 1 amide bonds. The zero-order chi connectivity index (χ0) is 19.8. The Morgan fingerprint density at radius 3 is 2.79 bits per heavy atom. The monoisotopic (exact) mass is 391 g/mol. The van der Waals surface area contributed by atoms with Gasteiger partial charge in [0.1, 0.15) is 11.8 Å². The number of pyridine rings is 1. The van der Waals surface area contributed by atoms with E-state index in [-0.39, 0.29) is 23.3 Å². The third kappa shape index (κ3) is 3.38. The SMILES string of the molecule is O=C([C@H]1[C@@H]2C[C@@H](CN(C/C=C/c3ccco3)C2)c2cccc(=O)n21)N1CC=CC1. The molecule has 0 unspecified atom stereocenters. The van der Waals surface area contributed by atoms with Crippen molar-refractivity contribution in [2.75, 3.05) is 32.7 Å². The number of fused-ring (bicyclic) bond motifs is 4. The summed E-state index contributed by atoms with van der Waals surface area (Å²) in [5.74, 6) is 1.33. The Morgan fingerprint density at radius 1 is 1.14 bits per heavy atom. The second-order valence-electron chi connectivity index (χ2n) is 8.15. The van der Waals surface area contributed by atoms with E-state index in [9.17, 15) is 9.59 Å². The number of aromatic nitrogens is 1. The van der Waals surface area contributed by atoms with Gasteiger partial charge in [0.25, 0.3) is 5.56 Å². The van der Waals surface area contributed by atoms with Gasteiger partial charge in [-0.1, -0.05) is 24.3 Å². The number of hydrogen-bond donors (Lipinski definition) is 0. The van der Waals surface area contributed by atoms with Crippen LogP contribution in [0.1, 0.15) is 29.8 Å². The van der Waals surface area contributed by atoms with Crippen LogP contribution in [0.2, 0.25) is 0 Å². The smallest absolute Gasteiger partial charge is 0.251 e. The Labute approximate surface area is 169 Å². The molecule has 5 heterocycles. The van der Waals surface area contributed by atoms with Gasteiger partial charge in [0.05, 0.1) is 6.26 Å². The molecule has 2 bridgehead atoms. The van der Waals surface area contributed by atoms with Gasteiger partial charge in [0, 0.05) is 56.3 Å². The Hall–Kier alpha value is -2.86. The molecule has 2 aromatic rings. The maximum atomic E-state index is 13.4. The highest BCUT2D eigenvalue weighted by atomic mass is 16.3. The summed E-state index contributed by atoms with van der Waals surface area (Å²) in [4.78, 5) is 30.4. The van der Waals surface area contributed by atoms with E-state index in [1.807, 2.05) is 47.4 Å². The predicted octanol–water partition coefficient (Wildman–Crippen LogP) is 2.51. The molecule has 0 aliphatic carbocycles. The van der Waals surface area contributed by atoms with Crippen LogP contribution in [0.4, 0.5) is 0 Å². The number of hydrogen-bond acceptors (Lipinski definition) is 4. The number of carbonyl (C=O) groups is 1. The van der Waals surface area contributed by atoms with E-state index in [2.05, 4.69) is 11.0 Å². The Morgan fingerprint density at radius 2 is 2.00 bits per heavy atom. The van der Waals surface area contributed by atoms with Crippen molar-refractivity contribution in [3.8, 4) is 0 Å². The van der Waals surface area contributed by atoms with Crippen molar-refractivity contribution in [1.29, 1.82) is 0 Å². The van der Waals surface area contributed by atoms with Crippen molar-refractivity contribution in [3.05, 3.63) is 76.6 Å². The number of piperidine rings is 1. The molecule has 0 radical (unpaired) electrons. The molecule has 6 nitrogen and oxygen atoms in total. The lowest BCUT2D eigenvalue weighted by molar-refractivity contribution is -0.137. The highest BCUT2D eigenvalue weighted by Crippen LogP contribution is 2.41. The topological polar surface area (TPSA) is 58.7 Å². The average molecular weight is 391 g/mol. The van der Waals surface area contributed by atoms with E-state index in [0.29, 0.717) is 13.1 Å². The predicted molar refractivity (Wildman–Crippen MR) is 110 cm³/mol. The number of rotatable bonds is 4. The number of nitrogens with zero attached hydrogens (tertiary/aromatic N) is 3. The first-order valence-corrected chi connectivity index (χ1v) is 10.3. The van der Waals surface area contributed by atoms with Crippen LogP contribution in [-0.4, -0.2) is 53.0 Å². The van der Waals surface area contributed by atoms with Crippen molar-refractivity contribution >= 4 is 12.0 Å². The molecule has 3 atom stereocenters. The number of furan rings is 1. The first-order chi connectivity index (χ1) is 14.2. The number of amides is 1. The lowest BCUT2D eigenvalue weighted by Gasteiger charge is -2.46. The molecule has 1 saturated heterocycles. The highest BCUT2D eigenvalue weighted by molar-refractivity contribution is 5.82. The van der Waals surface area contributed by atoms with Crippen LogP contribution in [0.3, 0.4) is 0 Å². The number of carbonyl (C=O) groups excluding carboxylic acids is 1. The zero-order valence-corrected chi connectivity index (χ0v) is 16.3. The normalized spacial score (nSPS) is 26.2. The van der Waals surface area contributed by atoms with Crippen molar-refractivity contribution < 1.29 is 9.21 Å². The summed E-state index contributed by atoms with van der Waals surface area (Å²) in [6.45, 7) is 3.79. The van der Waals surface area contributed by atoms with E-state index in [0.717, 1.165) is 37.5 Å². The van der Waals surface area contributed by atoms with Crippen LogP contribution in [0.15, 0.2) is 64.0 Å². The summed E-state index contributed by atoms with van der Waals surface area (Å²) in [7, 11) is 0. The molecule has 0 saturated carbocycles. The van der Waals surface area contributed by atoms with Crippen LogP contribution in [0.25, 0.3) is 6.08 Å². The Balaban J connectivity index is 1.42. The third-order valence-corrected chi connectivity index (χ3v) is 6.29. The minimum absolute atomic E-state index is 0.0612.